The van der Waals surface area contributed by atoms with Gasteiger partial charge in [-0.1, -0.05) is 6.07 Å². The fraction of sp³-hybridized carbons (Fsp3) is 0.125. The first kappa shape index (κ1) is 18.1. The molecule has 0 saturated carbocycles. The number of hydrogen-bond acceptors (Lipinski definition) is 7. The summed E-state index contributed by atoms with van der Waals surface area (Å²) >= 11 is 1.13. The highest BCUT2D eigenvalue weighted by atomic mass is 32.2. The smallest absolute Gasteiger partial charge is 0.265 e. The molecule has 0 aliphatic rings. The molecule has 0 spiro atoms. The van der Waals surface area contributed by atoms with E-state index in [1.165, 1.54) is 37.7 Å². The summed E-state index contributed by atoms with van der Waals surface area (Å²) in [6.45, 7) is 1.80. The molecule has 1 aromatic heterocycles. The largest absolute Gasteiger partial charge is 0.507 e. The van der Waals surface area contributed by atoms with E-state index >= 15 is 0 Å². The summed E-state index contributed by atoms with van der Waals surface area (Å²) in [5.41, 5.74) is 1.09. The molecule has 136 valence electrons. The lowest BCUT2D eigenvalue weighted by atomic mass is 10.2. The number of anilines is 1. The van der Waals surface area contributed by atoms with Gasteiger partial charge < -0.3 is 9.84 Å². The molecule has 0 aliphatic carbocycles. The van der Waals surface area contributed by atoms with Gasteiger partial charge in [-0.2, -0.15) is 5.10 Å². The highest BCUT2D eigenvalue weighted by Gasteiger charge is 2.20. The number of sulfonamides is 1. The van der Waals surface area contributed by atoms with E-state index in [1.54, 1.807) is 19.1 Å². The maximum atomic E-state index is 12.8. The van der Waals surface area contributed by atoms with E-state index < -0.39 is 10.0 Å². The highest BCUT2D eigenvalue weighted by molar-refractivity contribution is 7.99. The molecule has 0 unspecified atom stereocenters. The van der Waals surface area contributed by atoms with Gasteiger partial charge in [-0.25, -0.2) is 13.4 Å². The number of hydrogen-bond donors (Lipinski definition) is 3. The van der Waals surface area contributed by atoms with Gasteiger partial charge >= 0.3 is 0 Å². The van der Waals surface area contributed by atoms with E-state index in [1.807, 2.05) is 0 Å². The number of nitrogens with zero attached hydrogens (tertiary/aromatic N) is 2. The Labute approximate surface area is 154 Å². The van der Waals surface area contributed by atoms with Crippen LogP contribution in [0, 0.1) is 6.92 Å². The molecule has 0 amide bonds. The van der Waals surface area contributed by atoms with Crippen LogP contribution in [0.15, 0.2) is 57.7 Å². The fourth-order valence-corrected chi connectivity index (χ4v) is 4.28. The van der Waals surface area contributed by atoms with E-state index in [2.05, 4.69) is 19.9 Å². The summed E-state index contributed by atoms with van der Waals surface area (Å²) in [7, 11) is -2.46. The van der Waals surface area contributed by atoms with Gasteiger partial charge in [0.25, 0.3) is 10.0 Å². The quantitative estimate of drug-likeness (QED) is 0.552. The number of ether oxygens (including phenoxy) is 1. The Morgan fingerprint density at radius 2 is 2.04 bits per heavy atom. The average molecular weight is 392 g/mol. The minimum Gasteiger partial charge on any atom is -0.507 e. The fourth-order valence-electron chi connectivity index (χ4n) is 2.21. The van der Waals surface area contributed by atoms with Gasteiger partial charge in [0.05, 0.1) is 17.7 Å². The van der Waals surface area contributed by atoms with E-state index in [4.69, 9.17) is 4.74 Å². The van der Waals surface area contributed by atoms with Crippen LogP contribution >= 0.6 is 11.8 Å². The molecule has 3 aromatic rings. The van der Waals surface area contributed by atoms with E-state index in [-0.39, 0.29) is 16.4 Å². The van der Waals surface area contributed by atoms with Crippen LogP contribution in [-0.4, -0.2) is 35.8 Å². The Kier molecular flexibility index (Phi) is 5.05. The van der Waals surface area contributed by atoms with E-state index in [0.29, 0.717) is 15.7 Å². The number of nitrogens with one attached hydrogen (secondary N) is 2. The van der Waals surface area contributed by atoms with Crippen LogP contribution in [0.3, 0.4) is 0 Å². The molecule has 3 rings (SSSR count). The first-order valence-corrected chi connectivity index (χ1v) is 9.73. The third-order valence-electron chi connectivity index (χ3n) is 3.42. The van der Waals surface area contributed by atoms with Crippen molar-refractivity contribution in [2.75, 3.05) is 11.8 Å². The molecule has 2 aromatic carbocycles. The molecular formula is C16H16N4O4S2. The summed E-state index contributed by atoms with van der Waals surface area (Å²) in [6.07, 6.45) is 1.34. The monoisotopic (exact) mass is 392 g/mol. The minimum absolute atomic E-state index is 0.00230. The number of aryl methyl sites for hydroxylation is 1. The first-order valence-electron chi connectivity index (χ1n) is 7.43. The van der Waals surface area contributed by atoms with Crippen LogP contribution < -0.4 is 9.46 Å². The Morgan fingerprint density at radius 3 is 2.73 bits per heavy atom. The van der Waals surface area contributed by atoms with Gasteiger partial charge in [0.15, 0.2) is 5.16 Å². The molecule has 0 aliphatic heterocycles. The molecule has 0 fully saturated rings. The number of phenols is 1. The van der Waals surface area contributed by atoms with Crippen molar-refractivity contribution in [2.24, 2.45) is 0 Å². The van der Waals surface area contributed by atoms with Gasteiger partial charge in [0, 0.05) is 0 Å². The van der Waals surface area contributed by atoms with Crippen molar-refractivity contribution in [1.82, 2.24) is 15.2 Å². The van der Waals surface area contributed by atoms with E-state index in [9.17, 15) is 13.5 Å². The summed E-state index contributed by atoms with van der Waals surface area (Å²) in [5.74, 6) is 0.251. The molecule has 8 nitrogen and oxygen atoms in total. The summed E-state index contributed by atoms with van der Waals surface area (Å²) in [6, 6.07) is 9.30. The van der Waals surface area contributed by atoms with Crippen LogP contribution in [0.2, 0.25) is 0 Å². The number of benzene rings is 2. The molecule has 0 atom stereocenters. The molecule has 0 saturated heterocycles. The van der Waals surface area contributed by atoms with Crippen molar-refractivity contribution in [3.63, 3.8) is 0 Å². The third kappa shape index (κ3) is 3.92. The predicted octanol–water partition coefficient (Wildman–Crippen LogP) is 2.78. The molecular weight excluding hydrogens is 376 g/mol. The number of phenolic OH excluding ortho intramolecular Hbond substituents is 1. The van der Waals surface area contributed by atoms with Crippen molar-refractivity contribution in [1.29, 1.82) is 0 Å². The summed E-state index contributed by atoms with van der Waals surface area (Å²) in [5, 5.41) is 16.9. The SMILES string of the molecule is COc1ccc(C)cc1S(=O)(=O)Nc1ccc(O)c(Sc2ncn[nH]2)c1. The lowest BCUT2D eigenvalue weighted by Gasteiger charge is -2.13. The van der Waals surface area contributed by atoms with Crippen molar-refractivity contribution in [2.45, 2.75) is 21.9 Å². The zero-order chi connectivity index (χ0) is 18.7. The number of aromatic hydroxyl groups is 1. The zero-order valence-electron chi connectivity index (χ0n) is 13.9. The van der Waals surface area contributed by atoms with Crippen LogP contribution in [0.4, 0.5) is 5.69 Å². The molecule has 1 heterocycles. The van der Waals surface area contributed by atoms with E-state index in [0.717, 1.165) is 17.3 Å². The van der Waals surface area contributed by atoms with Gasteiger partial charge in [-0.15, -0.1) is 0 Å². The molecule has 0 radical (unpaired) electrons. The standard InChI is InChI=1S/C16H16N4O4S2/c1-10-3-6-13(24-2)15(7-10)26(22,23)20-11-4-5-12(21)14(8-11)25-16-17-9-18-19-16/h3-9,20-21H,1-2H3,(H,17,18,19). The zero-order valence-corrected chi connectivity index (χ0v) is 15.6. The number of rotatable bonds is 6. The Hall–Kier alpha value is -2.72. The average Bonchev–Trinajstić information content (AvgIpc) is 3.11. The maximum Gasteiger partial charge on any atom is 0.265 e. The van der Waals surface area contributed by atoms with Crippen LogP contribution in [-0.2, 0) is 10.0 Å². The second-order valence-corrected chi connectivity index (χ2v) is 8.02. The third-order valence-corrected chi connectivity index (χ3v) is 5.76. The minimum atomic E-state index is -3.87. The second kappa shape index (κ2) is 7.26. The van der Waals surface area contributed by atoms with Crippen LogP contribution in [0.1, 0.15) is 5.56 Å². The number of aromatic amines is 1. The number of methoxy groups -OCH3 is 1. The van der Waals surface area contributed by atoms with Gasteiger partial charge in [0.1, 0.15) is 22.7 Å². The first-order chi connectivity index (χ1) is 12.4. The number of H-pyrrole nitrogens is 1. The molecule has 0 bridgehead atoms. The summed E-state index contributed by atoms with van der Waals surface area (Å²) in [4.78, 5) is 4.44. The molecule has 3 N–H and O–H groups in total. The van der Waals surface area contributed by atoms with Gasteiger partial charge in [0.2, 0.25) is 0 Å². The number of aromatic nitrogens is 3. The van der Waals surface area contributed by atoms with Crippen molar-refractivity contribution < 1.29 is 18.3 Å². The normalized spacial score (nSPS) is 11.3. The van der Waals surface area contributed by atoms with Crippen LogP contribution in [0.5, 0.6) is 11.5 Å². The second-order valence-electron chi connectivity index (χ2n) is 5.34. The Morgan fingerprint density at radius 1 is 1.23 bits per heavy atom. The van der Waals surface area contributed by atoms with Crippen LogP contribution in [0.25, 0.3) is 0 Å². The Balaban J connectivity index is 1.92. The Bertz CT molecular complexity index is 1020. The lowest BCUT2D eigenvalue weighted by Crippen LogP contribution is -2.14. The lowest BCUT2D eigenvalue weighted by molar-refractivity contribution is 0.402. The van der Waals surface area contributed by atoms with Crippen molar-refractivity contribution in [3.8, 4) is 11.5 Å². The van der Waals surface area contributed by atoms with Gasteiger partial charge in [-0.3, -0.25) is 9.82 Å². The highest BCUT2D eigenvalue weighted by Crippen LogP contribution is 2.35. The molecule has 10 heteroatoms. The topological polar surface area (TPSA) is 117 Å². The van der Waals surface area contributed by atoms with Crippen molar-refractivity contribution >= 4 is 27.5 Å². The molecule has 26 heavy (non-hydrogen) atoms. The van der Waals surface area contributed by atoms with Crippen molar-refractivity contribution in [3.05, 3.63) is 48.3 Å². The summed E-state index contributed by atoms with van der Waals surface area (Å²) < 4.78 is 33.2. The maximum absolute atomic E-state index is 12.8. The predicted molar refractivity (Wildman–Crippen MR) is 97.2 cm³/mol. The van der Waals surface area contributed by atoms with Gasteiger partial charge in [-0.05, 0) is 54.6 Å².